The van der Waals surface area contributed by atoms with Gasteiger partial charge in [-0.3, -0.25) is 13.9 Å². The van der Waals surface area contributed by atoms with E-state index < -0.39 is 0 Å². The van der Waals surface area contributed by atoms with Crippen LogP contribution in [0.5, 0.6) is 0 Å². The Bertz CT molecular complexity index is 964. The predicted molar refractivity (Wildman–Crippen MR) is 108 cm³/mol. The van der Waals surface area contributed by atoms with Gasteiger partial charge >= 0.3 is 5.69 Å². The summed E-state index contributed by atoms with van der Waals surface area (Å²) in [6, 6.07) is 0. The van der Waals surface area contributed by atoms with E-state index >= 15 is 0 Å². The van der Waals surface area contributed by atoms with Crippen molar-refractivity contribution in [3.8, 4) is 0 Å². The highest BCUT2D eigenvalue weighted by atomic mass is 32.1. The van der Waals surface area contributed by atoms with Gasteiger partial charge in [0.15, 0.2) is 0 Å². The first-order valence-electron chi connectivity index (χ1n) is 9.77. The van der Waals surface area contributed by atoms with Gasteiger partial charge in [-0.25, -0.2) is 4.79 Å². The topological polar surface area (TPSA) is 91.3 Å². The fourth-order valence-corrected chi connectivity index (χ4v) is 5.17. The van der Waals surface area contributed by atoms with E-state index in [1.54, 1.807) is 15.9 Å². The number of nitrogens with one attached hydrogen (secondary N) is 1. The van der Waals surface area contributed by atoms with Gasteiger partial charge in [-0.05, 0) is 45.1 Å². The van der Waals surface area contributed by atoms with Crippen molar-refractivity contribution in [2.75, 3.05) is 19.7 Å². The lowest BCUT2D eigenvalue weighted by Gasteiger charge is -2.18. The lowest BCUT2D eigenvalue weighted by Crippen LogP contribution is -2.45. The van der Waals surface area contributed by atoms with Crippen LogP contribution in [0.2, 0.25) is 0 Å². The quantitative estimate of drug-likeness (QED) is 0.693. The number of nitrogens with two attached hydrogens (primary N) is 1. The van der Waals surface area contributed by atoms with Crippen LogP contribution in [0.4, 0.5) is 0 Å². The summed E-state index contributed by atoms with van der Waals surface area (Å²) in [6.07, 6.45) is 3.78. The molecule has 1 saturated carbocycles. The smallest absolute Gasteiger partial charge is 0.332 e. The van der Waals surface area contributed by atoms with Gasteiger partial charge in [0.1, 0.15) is 4.83 Å². The van der Waals surface area contributed by atoms with Crippen molar-refractivity contribution in [1.82, 2.24) is 14.5 Å². The Kier molecular flexibility index (Phi) is 5.00. The molecule has 1 unspecified atom stereocenters. The summed E-state index contributed by atoms with van der Waals surface area (Å²) in [5.74, 6) is 0. The van der Waals surface area contributed by atoms with Crippen molar-refractivity contribution in [3.05, 3.63) is 31.3 Å². The van der Waals surface area contributed by atoms with Crippen molar-refractivity contribution in [1.29, 1.82) is 0 Å². The Morgan fingerprint density at radius 3 is 2.78 bits per heavy atom. The van der Waals surface area contributed by atoms with Gasteiger partial charge in [0.25, 0.3) is 5.56 Å². The predicted octanol–water partition coefficient (Wildman–Crippen LogP) is 1.27. The SMILES string of the molecule is Cc1c(CNCCN)sc2c1c(=O)n(C1(C)CC1)c(=O)n2CC1CCCO1. The van der Waals surface area contributed by atoms with Gasteiger partial charge in [0, 0.05) is 31.1 Å². The molecule has 0 aromatic carbocycles. The maximum atomic E-state index is 13.3. The Morgan fingerprint density at radius 2 is 2.15 bits per heavy atom. The van der Waals surface area contributed by atoms with Crippen molar-refractivity contribution in [3.63, 3.8) is 0 Å². The zero-order valence-electron chi connectivity index (χ0n) is 16.0. The molecule has 0 bridgehead atoms. The zero-order valence-corrected chi connectivity index (χ0v) is 16.9. The van der Waals surface area contributed by atoms with Crippen molar-refractivity contribution < 1.29 is 4.74 Å². The molecule has 0 radical (unpaired) electrons. The molecule has 2 aromatic heterocycles. The minimum atomic E-state index is -0.340. The highest BCUT2D eigenvalue weighted by Gasteiger charge is 2.43. The molecular weight excluding hydrogens is 364 g/mol. The first kappa shape index (κ1) is 18.9. The number of aromatic nitrogens is 2. The summed E-state index contributed by atoms with van der Waals surface area (Å²) in [6.45, 7) is 7.20. The van der Waals surface area contributed by atoms with Crippen LogP contribution in [0.3, 0.4) is 0 Å². The monoisotopic (exact) mass is 392 g/mol. The molecule has 1 atom stereocenters. The average Bonchev–Trinajstić information content (AvgIpc) is 3.05. The van der Waals surface area contributed by atoms with E-state index in [0.717, 1.165) is 54.1 Å². The zero-order chi connectivity index (χ0) is 19.2. The lowest BCUT2D eigenvalue weighted by molar-refractivity contribution is 0.0964. The van der Waals surface area contributed by atoms with Gasteiger partial charge in [0.05, 0.1) is 23.6 Å². The molecule has 7 nitrogen and oxygen atoms in total. The van der Waals surface area contributed by atoms with Crippen LogP contribution in [0.25, 0.3) is 10.2 Å². The van der Waals surface area contributed by atoms with Crippen molar-refractivity contribution in [2.24, 2.45) is 5.73 Å². The van der Waals surface area contributed by atoms with Crippen LogP contribution in [-0.2, 0) is 23.4 Å². The lowest BCUT2D eigenvalue weighted by atomic mass is 10.2. The van der Waals surface area contributed by atoms with Gasteiger partial charge in [-0.1, -0.05) is 0 Å². The van der Waals surface area contributed by atoms with Crippen LogP contribution >= 0.6 is 11.3 Å². The van der Waals surface area contributed by atoms with Gasteiger partial charge in [0.2, 0.25) is 0 Å². The van der Waals surface area contributed by atoms with E-state index in [0.29, 0.717) is 25.0 Å². The average molecular weight is 393 g/mol. The number of thiophene rings is 1. The molecule has 3 N–H and O–H groups in total. The number of ether oxygens (including phenoxy) is 1. The number of aryl methyl sites for hydroxylation is 1. The summed E-state index contributed by atoms with van der Waals surface area (Å²) in [5, 5.41) is 3.99. The molecule has 3 heterocycles. The third kappa shape index (κ3) is 3.29. The van der Waals surface area contributed by atoms with Crippen molar-refractivity contribution >= 4 is 21.6 Å². The number of nitrogens with zero attached hydrogens (tertiary/aromatic N) is 2. The molecule has 1 saturated heterocycles. The van der Waals surface area contributed by atoms with Gasteiger partial charge < -0.3 is 15.8 Å². The summed E-state index contributed by atoms with van der Waals surface area (Å²) in [5.41, 5.74) is 5.87. The summed E-state index contributed by atoms with van der Waals surface area (Å²) in [4.78, 5) is 28.5. The summed E-state index contributed by atoms with van der Waals surface area (Å²) in [7, 11) is 0. The Balaban J connectivity index is 1.88. The molecule has 2 aromatic rings. The second-order valence-electron chi connectivity index (χ2n) is 7.96. The Labute approximate surface area is 162 Å². The molecule has 0 spiro atoms. The standard InChI is InChI=1S/C19H28N4O3S/c1-12-14(10-21-8-7-20)27-17-15(12)16(24)23(19(2)5-6-19)18(25)22(17)11-13-4-3-9-26-13/h13,21H,3-11,20H2,1-2H3. The molecule has 1 aliphatic heterocycles. The third-order valence-electron chi connectivity index (χ3n) is 5.84. The number of fused-ring (bicyclic) bond motifs is 1. The number of hydrogen-bond acceptors (Lipinski definition) is 6. The van der Waals surface area contributed by atoms with Gasteiger partial charge in [-0.15, -0.1) is 11.3 Å². The molecule has 1 aliphatic carbocycles. The minimum absolute atomic E-state index is 0.0464. The minimum Gasteiger partial charge on any atom is -0.376 e. The molecule has 8 heteroatoms. The molecule has 148 valence electrons. The first-order chi connectivity index (χ1) is 13.0. The normalized spacial score (nSPS) is 21.2. The number of rotatable bonds is 7. The van der Waals surface area contributed by atoms with E-state index in [1.807, 2.05) is 13.8 Å². The highest BCUT2D eigenvalue weighted by molar-refractivity contribution is 7.18. The molecule has 0 amide bonds. The Hall–Kier alpha value is -1.48. The second kappa shape index (κ2) is 7.16. The van der Waals surface area contributed by atoms with Crippen molar-refractivity contribution in [2.45, 2.75) is 64.3 Å². The number of hydrogen-bond donors (Lipinski definition) is 2. The molecule has 2 aliphatic rings. The van der Waals surface area contributed by atoms with Crippen LogP contribution in [0.15, 0.2) is 9.59 Å². The Morgan fingerprint density at radius 1 is 1.37 bits per heavy atom. The largest absolute Gasteiger partial charge is 0.376 e. The van der Waals surface area contributed by atoms with E-state index in [1.165, 1.54) is 4.57 Å². The maximum Gasteiger partial charge on any atom is 0.332 e. The van der Waals surface area contributed by atoms with Gasteiger partial charge in [-0.2, -0.15) is 0 Å². The fourth-order valence-electron chi connectivity index (χ4n) is 3.90. The van der Waals surface area contributed by atoms with Crippen LogP contribution in [0, 0.1) is 6.92 Å². The van der Waals surface area contributed by atoms with Crippen LogP contribution in [-0.4, -0.2) is 34.9 Å². The fraction of sp³-hybridized carbons (Fsp3) is 0.684. The van der Waals surface area contributed by atoms with E-state index in [9.17, 15) is 9.59 Å². The van der Waals surface area contributed by atoms with Crippen LogP contribution in [0.1, 0.15) is 43.0 Å². The second-order valence-corrected chi connectivity index (χ2v) is 9.05. The first-order valence-corrected chi connectivity index (χ1v) is 10.6. The molecule has 2 fully saturated rings. The third-order valence-corrected chi connectivity index (χ3v) is 7.16. The highest BCUT2D eigenvalue weighted by Crippen LogP contribution is 2.41. The molecule has 27 heavy (non-hydrogen) atoms. The van der Waals surface area contributed by atoms with E-state index in [2.05, 4.69) is 5.32 Å². The van der Waals surface area contributed by atoms with Crippen LogP contribution < -0.4 is 22.3 Å². The molecule has 4 rings (SSSR count). The van der Waals surface area contributed by atoms with E-state index in [4.69, 9.17) is 10.5 Å². The maximum absolute atomic E-state index is 13.3. The summed E-state index contributed by atoms with van der Waals surface area (Å²) < 4.78 is 9.07. The summed E-state index contributed by atoms with van der Waals surface area (Å²) >= 11 is 1.54. The van der Waals surface area contributed by atoms with E-state index in [-0.39, 0.29) is 22.9 Å². The molecular formula is C19H28N4O3S.